The maximum atomic E-state index is 12.5. The fourth-order valence-corrected chi connectivity index (χ4v) is 1.18. The highest BCUT2D eigenvalue weighted by atomic mass is 19.1. The van der Waals surface area contributed by atoms with Crippen LogP contribution < -0.4 is 5.73 Å². The van der Waals surface area contributed by atoms with Crippen LogP contribution in [0.25, 0.3) is 0 Å². The van der Waals surface area contributed by atoms with Crippen LogP contribution in [0, 0.1) is 25.5 Å². The van der Waals surface area contributed by atoms with Crippen LogP contribution in [-0.4, -0.2) is 0 Å². The molecule has 2 N–H and O–H groups in total. The molecule has 0 spiro atoms. The number of hydrogen-bond acceptors (Lipinski definition) is 1. The Kier molecular flexibility index (Phi) is 13.3. The Bertz CT molecular complexity index is 455. The second-order valence-electron chi connectivity index (χ2n) is 3.70. The van der Waals surface area contributed by atoms with Crippen molar-refractivity contribution in [1.29, 1.82) is 0 Å². The lowest BCUT2D eigenvalue weighted by Crippen LogP contribution is -1.90. The zero-order valence-corrected chi connectivity index (χ0v) is 13.9. The first kappa shape index (κ1) is 21.4. The van der Waals surface area contributed by atoms with E-state index in [2.05, 4.69) is 0 Å². The summed E-state index contributed by atoms with van der Waals surface area (Å²) >= 11 is 0. The van der Waals surface area contributed by atoms with Gasteiger partial charge in [-0.25, -0.2) is 8.78 Å². The highest BCUT2D eigenvalue weighted by Crippen LogP contribution is 2.12. The molecular weight excluding hydrogens is 268 g/mol. The van der Waals surface area contributed by atoms with Gasteiger partial charge in [-0.05, 0) is 37.6 Å². The van der Waals surface area contributed by atoms with Crippen LogP contribution in [-0.2, 0) is 0 Å². The highest BCUT2D eigenvalue weighted by Gasteiger charge is 1.96. The molecule has 0 fully saturated rings. The molecule has 0 aromatic heterocycles. The second-order valence-corrected chi connectivity index (χ2v) is 3.70. The van der Waals surface area contributed by atoms with E-state index in [0.717, 1.165) is 0 Å². The van der Waals surface area contributed by atoms with Crippen LogP contribution in [0.5, 0.6) is 0 Å². The van der Waals surface area contributed by atoms with Crippen LogP contribution in [0.15, 0.2) is 42.5 Å². The molecule has 21 heavy (non-hydrogen) atoms. The third kappa shape index (κ3) is 8.79. The predicted octanol–water partition coefficient (Wildman–Crippen LogP) is 5.90. The Hall–Kier alpha value is -1.90. The first-order valence-electron chi connectivity index (χ1n) is 7.24. The number of benzene rings is 2. The fourth-order valence-electron chi connectivity index (χ4n) is 1.18. The average Bonchev–Trinajstić information content (AvgIpc) is 2.52. The van der Waals surface area contributed by atoms with Gasteiger partial charge >= 0.3 is 0 Å². The topological polar surface area (TPSA) is 26.0 Å². The van der Waals surface area contributed by atoms with Gasteiger partial charge in [-0.15, -0.1) is 0 Å². The van der Waals surface area contributed by atoms with E-state index in [0.29, 0.717) is 16.8 Å². The summed E-state index contributed by atoms with van der Waals surface area (Å²) in [6.45, 7) is 11.4. The number of halogens is 2. The van der Waals surface area contributed by atoms with E-state index in [9.17, 15) is 8.78 Å². The maximum Gasteiger partial charge on any atom is 0.128 e. The molecule has 0 saturated heterocycles. The SMILES string of the molecule is CC.CC.Cc1c(N)cccc1F.Cc1ccccc1F. The second kappa shape index (κ2) is 13.1. The van der Waals surface area contributed by atoms with E-state index in [-0.39, 0.29) is 11.6 Å². The minimum Gasteiger partial charge on any atom is -0.398 e. The lowest BCUT2D eigenvalue weighted by Gasteiger charge is -1.97. The Morgan fingerprint density at radius 2 is 1.19 bits per heavy atom. The Morgan fingerprint density at radius 3 is 1.52 bits per heavy atom. The average molecular weight is 295 g/mol. The van der Waals surface area contributed by atoms with E-state index in [1.54, 1.807) is 38.1 Å². The molecule has 0 heterocycles. The van der Waals surface area contributed by atoms with E-state index in [1.165, 1.54) is 12.1 Å². The fraction of sp³-hybridized carbons (Fsp3) is 0.333. The van der Waals surface area contributed by atoms with Crippen molar-refractivity contribution in [3.63, 3.8) is 0 Å². The molecule has 0 saturated carbocycles. The Morgan fingerprint density at radius 1 is 0.714 bits per heavy atom. The van der Waals surface area contributed by atoms with Gasteiger partial charge in [0, 0.05) is 11.3 Å². The Balaban J connectivity index is 0. The molecule has 0 unspecified atom stereocenters. The van der Waals surface area contributed by atoms with Crippen molar-refractivity contribution in [3.8, 4) is 0 Å². The molecule has 0 aliphatic heterocycles. The van der Waals surface area contributed by atoms with E-state index < -0.39 is 0 Å². The normalized spacial score (nSPS) is 8.19. The molecule has 0 radical (unpaired) electrons. The smallest absolute Gasteiger partial charge is 0.128 e. The zero-order chi connectivity index (χ0) is 16.8. The lowest BCUT2D eigenvalue weighted by atomic mass is 10.2. The summed E-state index contributed by atoms with van der Waals surface area (Å²) in [5.41, 5.74) is 7.12. The van der Waals surface area contributed by atoms with Crippen molar-refractivity contribution in [3.05, 3.63) is 65.2 Å². The van der Waals surface area contributed by atoms with Gasteiger partial charge in [0.2, 0.25) is 0 Å². The highest BCUT2D eigenvalue weighted by molar-refractivity contribution is 5.45. The molecule has 1 nitrogen and oxygen atoms in total. The van der Waals surface area contributed by atoms with Gasteiger partial charge in [-0.1, -0.05) is 52.0 Å². The molecular formula is C18H27F2N. The number of aryl methyl sites for hydroxylation is 1. The summed E-state index contributed by atoms with van der Waals surface area (Å²) in [5, 5.41) is 0. The third-order valence-corrected chi connectivity index (χ3v) is 2.39. The zero-order valence-electron chi connectivity index (χ0n) is 13.9. The standard InChI is InChI=1S/C7H8FN.C7H7F.2C2H6/c1-5-6(8)3-2-4-7(5)9;1-6-4-2-3-5-7(6)8;2*1-2/h2-4H,9H2,1H3;2-5H,1H3;2*1-2H3. The number of nitrogen functional groups attached to an aromatic ring is 1. The van der Waals surface area contributed by atoms with E-state index in [1.807, 2.05) is 33.8 Å². The molecule has 0 aliphatic rings. The molecule has 0 atom stereocenters. The molecule has 118 valence electrons. The summed E-state index contributed by atoms with van der Waals surface area (Å²) < 4.78 is 24.8. The number of rotatable bonds is 0. The van der Waals surface area contributed by atoms with Gasteiger partial charge in [-0.2, -0.15) is 0 Å². The largest absolute Gasteiger partial charge is 0.398 e. The molecule has 0 bridgehead atoms. The third-order valence-electron chi connectivity index (χ3n) is 2.39. The predicted molar refractivity (Wildman–Crippen MR) is 89.4 cm³/mol. The molecule has 0 aliphatic carbocycles. The van der Waals surface area contributed by atoms with Gasteiger partial charge < -0.3 is 5.73 Å². The van der Waals surface area contributed by atoms with Gasteiger partial charge in [0.25, 0.3) is 0 Å². The molecule has 2 rings (SSSR count). The molecule has 2 aromatic carbocycles. The first-order chi connectivity index (χ1) is 10.0. The molecule has 2 aromatic rings. The van der Waals surface area contributed by atoms with Crippen molar-refractivity contribution in [1.82, 2.24) is 0 Å². The minimum absolute atomic E-state index is 0.132. The first-order valence-corrected chi connectivity index (χ1v) is 7.24. The summed E-state index contributed by atoms with van der Waals surface area (Å²) in [6.07, 6.45) is 0. The summed E-state index contributed by atoms with van der Waals surface area (Å²) in [7, 11) is 0. The summed E-state index contributed by atoms with van der Waals surface area (Å²) in [4.78, 5) is 0. The van der Waals surface area contributed by atoms with E-state index in [4.69, 9.17) is 5.73 Å². The van der Waals surface area contributed by atoms with Crippen molar-refractivity contribution < 1.29 is 8.78 Å². The van der Waals surface area contributed by atoms with Crippen molar-refractivity contribution in [2.75, 3.05) is 5.73 Å². The van der Waals surface area contributed by atoms with Gasteiger partial charge in [-0.3, -0.25) is 0 Å². The molecule has 0 amide bonds. The van der Waals surface area contributed by atoms with Crippen molar-refractivity contribution >= 4 is 5.69 Å². The van der Waals surface area contributed by atoms with Crippen LogP contribution in [0.3, 0.4) is 0 Å². The Labute approximate surface area is 127 Å². The van der Waals surface area contributed by atoms with Crippen molar-refractivity contribution in [2.45, 2.75) is 41.5 Å². The van der Waals surface area contributed by atoms with Crippen LogP contribution in [0.1, 0.15) is 38.8 Å². The maximum absolute atomic E-state index is 12.5. The van der Waals surface area contributed by atoms with Crippen LogP contribution in [0.4, 0.5) is 14.5 Å². The lowest BCUT2D eigenvalue weighted by molar-refractivity contribution is 0.618. The minimum atomic E-state index is -0.241. The summed E-state index contributed by atoms with van der Waals surface area (Å²) in [6, 6.07) is 11.4. The van der Waals surface area contributed by atoms with Crippen LogP contribution in [0.2, 0.25) is 0 Å². The quantitative estimate of drug-likeness (QED) is 0.601. The van der Waals surface area contributed by atoms with Crippen molar-refractivity contribution in [2.24, 2.45) is 0 Å². The molecule has 3 heteroatoms. The number of hydrogen-bond donors (Lipinski definition) is 1. The monoisotopic (exact) mass is 295 g/mol. The van der Waals surface area contributed by atoms with Gasteiger partial charge in [0.1, 0.15) is 11.6 Å². The number of nitrogens with two attached hydrogens (primary N) is 1. The number of anilines is 1. The summed E-state index contributed by atoms with van der Waals surface area (Å²) in [5.74, 6) is -0.373. The van der Waals surface area contributed by atoms with Crippen LogP contribution >= 0.6 is 0 Å². The van der Waals surface area contributed by atoms with Gasteiger partial charge in [0.15, 0.2) is 0 Å². The van der Waals surface area contributed by atoms with E-state index >= 15 is 0 Å². The van der Waals surface area contributed by atoms with Gasteiger partial charge in [0.05, 0.1) is 0 Å².